The van der Waals surface area contributed by atoms with Crippen molar-refractivity contribution in [2.75, 3.05) is 6.61 Å². The smallest absolute Gasteiger partial charge is 0.327 e. The minimum absolute atomic E-state index is 0. The molecule has 0 radical (unpaired) electrons. The van der Waals surface area contributed by atoms with Crippen molar-refractivity contribution < 1.29 is 32.4 Å². The highest BCUT2D eigenvalue weighted by Gasteiger charge is 2.35. The van der Waals surface area contributed by atoms with Crippen LogP contribution in [0.2, 0.25) is 0 Å². The molecule has 9 heteroatoms. The van der Waals surface area contributed by atoms with Crippen LogP contribution < -0.4 is 0 Å². The van der Waals surface area contributed by atoms with Crippen molar-refractivity contribution in [2.24, 2.45) is 5.92 Å². The van der Waals surface area contributed by atoms with Crippen LogP contribution in [0.15, 0.2) is 0 Å². The summed E-state index contributed by atoms with van der Waals surface area (Å²) in [5.41, 5.74) is 0. The highest BCUT2D eigenvalue weighted by atomic mass is 32.2. The van der Waals surface area contributed by atoms with E-state index in [-0.39, 0.29) is 35.6 Å². The number of carboxylic acid groups (broad SMARTS) is 1. The minimum atomic E-state index is -4.79. The predicted molar refractivity (Wildman–Crippen MR) is 80.4 cm³/mol. The molecule has 21 heavy (non-hydrogen) atoms. The van der Waals surface area contributed by atoms with E-state index >= 15 is 0 Å². The second kappa shape index (κ2) is 11.2. The molecule has 0 saturated heterocycles. The number of esters is 1. The zero-order valence-corrected chi connectivity index (χ0v) is 12.6. The van der Waals surface area contributed by atoms with E-state index in [0.29, 0.717) is 0 Å². The SMILES string of the molecule is CCCCC(CC)COC(=O)C(CC(=O)O)S(=O)(=O)O.[MgH2]. The Labute approximate surface area is 141 Å². The lowest BCUT2D eigenvalue weighted by molar-refractivity contribution is -0.148. The largest absolute Gasteiger partial charge is 0.481 e. The maximum atomic E-state index is 11.6. The maximum absolute atomic E-state index is 11.6. The summed E-state index contributed by atoms with van der Waals surface area (Å²) >= 11 is 0. The number of aliphatic carboxylic acids is 1. The van der Waals surface area contributed by atoms with Crippen LogP contribution in [0.1, 0.15) is 46.0 Å². The molecule has 0 fully saturated rings. The van der Waals surface area contributed by atoms with Gasteiger partial charge in [-0.3, -0.25) is 14.1 Å². The zero-order chi connectivity index (χ0) is 15.8. The number of carbonyl (C=O) groups is 2. The summed E-state index contributed by atoms with van der Waals surface area (Å²) < 4.78 is 35.7. The van der Waals surface area contributed by atoms with Gasteiger partial charge in [0, 0.05) is 0 Å². The van der Waals surface area contributed by atoms with Crippen molar-refractivity contribution in [1.82, 2.24) is 0 Å². The first-order valence-electron chi connectivity index (χ1n) is 6.57. The molecular formula is C12H24MgO7S. The Hall–Kier alpha value is -0.384. The molecule has 122 valence electrons. The molecule has 2 atom stereocenters. The first-order chi connectivity index (χ1) is 9.22. The van der Waals surface area contributed by atoms with E-state index in [1.54, 1.807) is 0 Å². The van der Waals surface area contributed by atoms with Crippen LogP contribution in [0.3, 0.4) is 0 Å². The van der Waals surface area contributed by atoms with Gasteiger partial charge in [-0.05, 0) is 12.3 Å². The molecule has 0 aliphatic heterocycles. The number of unbranched alkanes of at least 4 members (excludes halogenated alkanes) is 1. The van der Waals surface area contributed by atoms with Gasteiger partial charge >= 0.3 is 35.0 Å². The Morgan fingerprint density at radius 2 is 1.81 bits per heavy atom. The Kier molecular flexibility index (Phi) is 12.2. The van der Waals surface area contributed by atoms with Gasteiger partial charge in [0.25, 0.3) is 10.1 Å². The standard InChI is InChI=1S/C12H22O7S.Mg.2H/c1-3-5-6-9(4-2)8-19-12(15)10(7-11(13)14)20(16,17)18;;;/h9-10H,3-8H2,1-2H3,(H,13,14)(H,16,17,18);;;. The minimum Gasteiger partial charge on any atom is -0.481 e. The first kappa shape index (κ1) is 22.9. The summed E-state index contributed by atoms with van der Waals surface area (Å²) in [7, 11) is -4.79. The fraction of sp³-hybridized carbons (Fsp3) is 0.833. The fourth-order valence-corrected chi connectivity index (χ4v) is 2.32. The van der Waals surface area contributed by atoms with Crippen LogP contribution in [-0.4, -0.2) is 64.9 Å². The summed E-state index contributed by atoms with van der Waals surface area (Å²) in [4.78, 5) is 22.1. The molecular weight excluding hydrogens is 312 g/mol. The number of rotatable bonds is 10. The van der Waals surface area contributed by atoms with Crippen molar-refractivity contribution in [1.29, 1.82) is 0 Å². The Morgan fingerprint density at radius 3 is 2.19 bits per heavy atom. The first-order valence-corrected chi connectivity index (χ1v) is 8.07. The average molecular weight is 337 g/mol. The van der Waals surface area contributed by atoms with Gasteiger partial charge in [0.1, 0.15) is 0 Å². The second-order valence-electron chi connectivity index (χ2n) is 4.65. The van der Waals surface area contributed by atoms with Crippen molar-refractivity contribution in [3.05, 3.63) is 0 Å². The van der Waals surface area contributed by atoms with E-state index in [2.05, 4.69) is 0 Å². The van der Waals surface area contributed by atoms with Crippen LogP contribution in [0.5, 0.6) is 0 Å². The van der Waals surface area contributed by atoms with Crippen molar-refractivity contribution >= 4 is 45.1 Å². The number of carbonyl (C=O) groups excluding carboxylic acids is 1. The summed E-state index contributed by atoms with van der Waals surface area (Å²) in [5, 5.41) is 6.49. The summed E-state index contributed by atoms with van der Waals surface area (Å²) in [5.74, 6) is -2.61. The van der Waals surface area contributed by atoms with Crippen LogP contribution >= 0.6 is 0 Å². The number of hydrogen-bond acceptors (Lipinski definition) is 5. The molecule has 2 unspecified atom stereocenters. The average Bonchev–Trinajstić information content (AvgIpc) is 2.34. The lowest BCUT2D eigenvalue weighted by Gasteiger charge is -2.16. The van der Waals surface area contributed by atoms with Gasteiger partial charge in [-0.1, -0.05) is 33.1 Å². The van der Waals surface area contributed by atoms with E-state index in [9.17, 15) is 18.0 Å². The summed E-state index contributed by atoms with van der Waals surface area (Å²) in [6, 6.07) is 0. The molecule has 0 spiro atoms. The number of ether oxygens (including phenoxy) is 1. The molecule has 0 aromatic carbocycles. The highest BCUT2D eigenvalue weighted by molar-refractivity contribution is 7.87. The molecule has 0 aliphatic rings. The third kappa shape index (κ3) is 10.0. The van der Waals surface area contributed by atoms with Crippen molar-refractivity contribution in [3.63, 3.8) is 0 Å². The second-order valence-corrected chi connectivity index (χ2v) is 6.25. The monoisotopic (exact) mass is 336 g/mol. The third-order valence-corrected chi connectivity index (χ3v) is 4.07. The summed E-state index contributed by atoms with van der Waals surface area (Å²) in [6.07, 6.45) is 2.56. The highest BCUT2D eigenvalue weighted by Crippen LogP contribution is 2.15. The van der Waals surface area contributed by atoms with Crippen molar-refractivity contribution in [2.45, 2.75) is 51.2 Å². The van der Waals surface area contributed by atoms with Crippen LogP contribution in [0.25, 0.3) is 0 Å². The topological polar surface area (TPSA) is 118 Å². The van der Waals surface area contributed by atoms with E-state index in [1.807, 2.05) is 13.8 Å². The molecule has 0 aromatic rings. The lowest BCUT2D eigenvalue weighted by atomic mass is 10.0. The number of hydrogen-bond donors (Lipinski definition) is 2. The third-order valence-electron chi connectivity index (χ3n) is 2.99. The van der Waals surface area contributed by atoms with Gasteiger partial charge in [0.05, 0.1) is 13.0 Å². The Balaban J connectivity index is 0. The molecule has 0 amide bonds. The van der Waals surface area contributed by atoms with Crippen LogP contribution in [0, 0.1) is 5.92 Å². The Morgan fingerprint density at radius 1 is 1.24 bits per heavy atom. The quantitative estimate of drug-likeness (QED) is 0.340. The number of carboxylic acids is 1. The van der Waals surface area contributed by atoms with Gasteiger partial charge in [-0.15, -0.1) is 0 Å². The summed E-state index contributed by atoms with van der Waals surface area (Å²) in [6.45, 7) is 3.98. The molecule has 0 heterocycles. The predicted octanol–water partition coefficient (Wildman–Crippen LogP) is 0.561. The molecule has 0 saturated carbocycles. The van der Waals surface area contributed by atoms with E-state index < -0.39 is 33.7 Å². The molecule has 7 nitrogen and oxygen atoms in total. The van der Waals surface area contributed by atoms with E-state index in [0.717, 1.165) is 25.7 Å². The fourth-order valence-electron chi connectivity index (χ4n) is 1.66. The van der Waals surface area contributed by atoms with Gasteiger partial charge in [0.2, 0.25) is 0 Å². The molecule has 0 rings (SSSR count). The lowest BCUT2D eigenvalue weighted by Crippen LogP contribution is -2.34. The molecule has 0 aliphatic carbocycles. The van der Waals surface area contributed by atoms with Crippen molar-refractivity contribution in [3.8, 4) is 0 Å². The van der Waals surface area contributed by atoms with Crippen LogP contribution in [0.4, 0.5) is 0 Å². The van der Waals surface area contributed by atoms with Gasteiger partial charge in [-0.25, -0.2) is 0 Å². The van der Waals surface area contributed by atoms with E-state index in [4.69, 9.17) is 14.4 Å². The molecule has 0 bridgehead atoms. The molecule has 0 aromatic heterocycles. The maximum Gasteiger partial charge on any atom is 0.327 e. The van der Waals surface area contributed by atoms with Gasteiger partial charge < -0.3 is 9.84 Å². The van der Waals surface area contributed by atoms with Gasteiger partial charge in [0.15, 0.2) is 5.25 Å². The normalized spacial score (nSPS) is 13.9. The van der Waals surface area contributed by atoms with Gasteiger partial charge in [-0.2, -0.15) is 8.42 Å². The molecule has 2 N–H and O–H groups in total. The Bertz CT molecular complexity index is 421. The van der Waals surface area contributed by atoms with E-state index in [1.165, 1.54) is 0 Å². The van der Waals surface area contributed by atoms with Crippen LogP contribution in [-0.2, 0) is 24.4 Å². The zero-order valence-electron chi connectivity index (χ0n) is 11.7.